The second kappa shape index (κ2) is 9.83. The molecule has 0 aromatic heterocycles. The van der Waals surface area contributed by atoms with E-state index in [0.29, 0.717) is 0 Å². The Balaban J connectivity index is 0. The van der Waals surface area contributed by atoms with Gasteiger partial charge in [-0.05, 0) is 25.7 Å². The Bertz CT molecular complexity index is 93.8. The summed E-state index contributed by atoms with van der Waals surface area (Å²) >= 11 is 0. The van der Waals surface area contributed by atoms with Crippen LogP contribution in [0.3, 0.4) is 0 Å². The summed E-state index contributed by atoms with van der Waals surface area (Å²) in [5, 5.41) is 0. The van der Waals surface area contributed by atoms with Crippen LogP contribution in [0.5, 0.6) is 0 Å². The molecule has 0 atom stereocenters. The molecule has 0 spiro atoms. The average molecular weight is 339 g/mol. The minimum atomic E-state index is 0. The average Bonchev–Trinajstić information content (AvgIpc) is 1.62. The van der Waals surface area contributed by atoms with E-state index in [-0.39, 0.29) is 43.5 Å². The van der Waals surface area contributed by atoms with Gasteiger partial charge in [0.2, 0.25) is 0 Å². The molecule has 10 heavy (non-hydrogen) atoms. The van der Waals surface area contributed by atoms with Crippen LogP contribution in [0.15, 0.2) is 24.3 Å². The van der Waals surface area contributed by atoms with Crippen LogP contribution in [0.2, 0.25) is 0 Å². The summed E-state index contributed by atoms with van der Waals surface area (Å²) < 4.78 is 0. The van der Waals surface area contributed by atoms with Gasteiger partial charge < -0.3 is 0 Å². The molecule has 0 nitrogen and oxygen atoms in total. The van der Waals surface area contributed by atoms with Crippen molar-refractivity contribution in [3.05, 3.63) is 24.3 Å². The van der Waals surface area contributed by atoms with E-state index in [9.17, 15) is 0 Å². The molecule has 1 rings (SSSR count). The number of rotatable bonds is 0. The van der Waals surface area contributed by atoms with E-state index < -0.39 is 0 Å². The SMILES string of the molecule is C1=CCCCCC=C1.I.[Rh]. The summed E-state index contributed by atoms with van der Waals surface area (Å²) in [6.45, 7) is 0. The van der Waals surface area contributed by atoms with Crippen molar-refractivity contribution in [3.8, 4) is 0 Å². The van der Waals surface area contributed by atoms with E-state index in [1.165, 1.54) is 25.7 Å². The van der Waals surface area contributed by atoms with Gasteiger partial charge in [-0.2, -0.15) is 0 Å². The van der Waals surface area contributed by atoms with E-state index in [4.69, 9.17) is 0 Å². The summed E-state index contributed by atoms with van der Waals surface area (Å²) in [6.07, 6.45) is 14.0. The number of halogens is 1. The van der Waals surface area contributed by atoms with Gasteiger partial charge >= 0.3 is 0 Å². The molecular weight excluding hydrogens is 326 g/mol. The maximum Gasteiger partial charge on any atom is 0 e. The van der Waals surface area contributed by atoms with Crippen LogP contribution in [-0.4, -0.2) is 0 Å². The van der Waals surface area contributed by atoms with E-state index in [2.05, 4.69) is 24.3 Å². The molecule has 0 saturated heterocycles. The van der Waals surface area contributed by atoms with Crippen molar-refractivity contribution in [3.63, 3.8) is 0 Å². The minimum absolute atomic E-state index is 0. The summed E-state index contributed by atoms with van der Waals surface area (Å²) in [7, 11) is 0. The van der Waals surface area contributed by atoms with E-state index >= 15 is 0 Å². The zero-order chi connectivity index (χ0) is 5.66. The Morgan fingerprint density at radius 3 is 1.60 bits per heavy atom. The molecule has 0 unspecified atom stereocenters. The summed E-state index contributed by atoms with van der Waals surface area (Å²) in [4.78, 5) is 0. The molecule has 0 aliphatic heterocycles. The standard InChI is InChI=1S/C8H12.HI.Rh/c1-2-4-6-8-7-5-3-1;;/h1-4H,5-8H2;1H;. The van der Waals surface area contributed by atoms with E-state index in [1.54, 1.807) is 0 Å². The van der Waals surface area contributed by atoms with Crippen molar-refractivity contribution in [1.82, 2.24) is 0 Å². The molecule has 1 aliphatic carbocycles. The second-order valence-electron chi connectivity index (χ2n) is 2.14. The molecule has 0 heterocycles. The zero-order valence-electron chi connectivity index (χ0n) is 5.88. The Morgan fingerprint density at radius 1 is 0.800 bits per heavy atom. The predicted octanol–water partition coefficient (Wildman–Crippen LogP) is 3.29. The quantitative estimate of drug-likeness (QED) is 0.469. The molecule has 0 fully saturated rings. The van der Waals surface area contributed by atoms with Gasteiger partial charge in [0.1, 0.15) is 0 Å². The van der Waals surface area contributed by atoms with Crippen molar-refractivity contribution in [2.75, 3.05) is 0 Å². The Hall–Kier alpha value is 0.833. The number of allylic oxidation sites excluding steroid dienone is 4. The summed E-state index contributed by atoms with van der Waals surface area (Å²) in [5.74, 6) is 0. The molecule has 0 amide bonds. The zero-order valence-corrected chi connectivity index (χ0v) is 9.85. The van der Waals surface area contributed by atoms with Crippen LogP contribution in [0.4, 0.5) is 0 Å². The molecule has 1 radical (unpaired) electrons. The van der Waals surface area contributed by atoms with Crippen LogP contribution in [0.25, 0.3) is 0 Å². The fourth-order valence-electron chi connectivity index (χ4n) is 0.874. The van der Waals surface area contributed by atoms with Crippen LogP contribution in [0, 0.1) is 0 Å². The van der Waals surface area contributed by atoms with Crippen molar-refractivity contribution < 1.29 is 19.5 Å². The maximum absolute atomic E-state index is 2.23. The number of hydrogen-bond donors (Lipinski definition) is 0. The third-order valence-electron chi connectivity index (χ3n) is 1.37. The smallest absolute Gasteiger partial charge is 0 e. The molecule has 0 aromatic rings. The van der Waals surface area contributed by atoms with E-state index in [0.717, 1.165) is 0 Å². The van der Waals surface area contributed by atoms with Crippen LogP contribution in [-0.2, 0) is 19.5 Å². The fourth-order valence-corrected chi connectivity index (χ4v) is 0.874. The van der Waals surface area contributed by atoms with Crippen LogP contribution in [0.1, 0.15) is 25.7 Å². The van der Waals surface area contributed by atoms with Crippen molar-refractivity contribution >= 4 is 24.0 Å². The van der Waals surface area contributed by atoms with Gasteiger partial charge in [-0.1, -0.05) is 24.3 Å². The summed E-state index contributed by atoms with van der Waals surface area (Å²) in [6, 6.07) is 0. The minimum Gasteiger partial charge on any atom is -0.107 e. The molecule has 0 N–H and O–H groups in total. The fraction of sp³-hybridized carbons (Fsp3) is 0.500. The molecule has 0 aromatic carbocycles. The normalized spacial score (nSPS) is 16.0. The summed E-state index contributed by atoms with van der Waals surface area (Å²) in [5.41, 5.74) is 0. The first-order valence-corrected chi connectivity index (χ1v) is 3.32. The topological polar surface area (TPSA) is 0 Å². The monoisotopic (exact) mass is 339 g/mol. The van der Waals surface area contributed by atoms with Crippen LogP contribution < -0.4 is 0 Å². The largest absolute Gasteiger partial charge is 0.107 e. The van der Waals surface area contributed by atoms with Gasteiger partial charge in [-0.15, -0.1) is 24.0 Å². The first-order chi connectivity index (χ1) is 4.00. The molecule has 61 valence electrons. The van der Waals surface area contributed by atoms with Gasteiger partial charge in [0.05, 0.1) is 0 Å². The van der Waals surface area contributed by atoms with Crippen molar-refractivity contribution in [1.29, 1.82) is 0 Å². The van der Waals surface area contributed by atoms with Gasteiger partial charge in [-0.3, -0.25) is 0 Å². The van der Waals surface area contributed by atoms with Crippen molar-refractivity contribution in [2.24, 2.45) is 0 Å². The first-order valence-electron chi connectivity index (χ1n) is 3.32. The van der Waals surface area contributed by atoms with E-state index in [1.807, 2.05) is 0 Å². The Kier molecular flexibility index (Phi) is 13.2. The molecular formula is C8H13IRh. The van der Waals surface area contributed by atoms with Gasteiger partial charge in [0.15, 0.2) is 0 Å². The van der Waals surface area contributed by atoms with Gasteiger partial charge in [0.25, 0.3) is 0 Å². The maximum atomic E-state index is 2.23. The first kappa shape index (κ1) is 13.4. The third-order valence-corrected chi connectivity index (χ3v) is 1.37. The van der Waals surface area contributed by atoms with Crippen LogP contribution >= 0.6 is 24.0 Å². The molecule has 0 bridgehead atoms. The Labute approximate surface area is 92.9 Å². The van der Waals surface area contributed by atoms with Gasteiger partial charge in [0, 0.05) is 19.5 Å². The Morgan fingerprint density at radius 2 is 1.20 bits per heavy atom. The third kappa shape index (κ3) is 6.95. The van der Waals surface area contributed by atoms with Gasteiger partial charge in [-0.25, -0.2) is 0 Å². The molecule has 0 saturated carbocycles. The molecule has 2 heteroatoms. The second-order valence-corrected chi connectivity index (χ2v) is 2.14. The van der Waals surface area contributed by atoms with Crippen molar-refractivity contribution in [2.45, 2.75) is 25.7 Å². The predicted molar refractivity (Wildman–Crippen MR) is 52.2 cm³/mol. The molecule has 1 aliphatic rings. The number of hydrogen-bond acceptors (Lipinski definition) is 0.